The van der Waals surface area contributed by atoms with Crippen molar-refractivity contribution >= 4 is 11.8 Å². The second-order valence-electron chi connectivity index (χ2n) is 5.56. The highest BCUT2D eigenvalue weighted by molar-refractivity contribution is 6.05. The number of carbonyl (C=O) groups is 2. The third-order valence-corrected chi connectivity index (χ3v) is 4.99. The van der Waals surface area contributed by atoms with Crippen LogP contribution in [0.5, 0.6) is 0 Å². The lowest BCUT2D eigenvalue weighted by Gasteiger charge is -2.32. The molecule has 0 amide bonds. The van der Waals surface area contributed by atoms with E-state index in [0.29, 0.717) is 0 Å². The second kappa shape index (κ2) is 2.83. The molecule has 3 heteroatoms. The van der Waals surface area contributed by atoms with E-state index in [2.05, 4.69) is 13.8 Å². The van der Waals surface area contributed by atoms with Gasteiger partial charge in [0.15, 0.2) is 5.78 Å². The van der Waals surface area contributed by atoms with E-state index in [1.54, 1.807) is 0 Å². The van der Waals surface area contributed by atoms with Gasteiger partial charge >= 0.3 is 5.97 Å². The average molecular weight is 210 g/mol. The normalized spacial score (nSPS) is 42.0. The summed E-state index contributed by atoms with van der Waals surface area (Å²) in [7, 11) is 1.36. The summed E-state index contributed by atoms with van der Waals surface area (Å²) in [5, 5.41) is 0. The van der Waals surface area contributed by atoms with Gasteiger partial charge in [-0.1, -0.05) is 20.8 Å². The fourth-order valence-corrected chi connectivity index (χ4v) is 3.48. The number of esters is 1. The van der Waals surface area contributed by atoms with Gasteiger partial charge in [0.1, 0.15) is 5.92 Å². The molecular weight excluding hydrogens is 192 g/mol. The van der Waals surface area contributed by atoms with Gasteiger partial charge < -0.3 is 4.74 Å². The molecule has 0 radical (unpaired) electrons. The fourth-order valence-electron chi connectivity index (χ4n) is 3.48. The molecule has 3 nitrogen and oxygen atoms in total. The molecule has 2 bridgehead atoms. The minimum atomic E-state index is -0.510. The minimum Gasteiger partial charge on any atom is -0.468 e. The molecule has 0 aromatic carbocycles. The molecular formula is C12H18O3. The lowest BCUT2D eigenvalue weighted by Crippen LogP contribution is -2.35. The van der Waals surface area contributed by atoms with Gasteiger partial charge in [-0.15, -0.1) is 0 Å². The molecule has 0 aromatic heterocycles. The zero-order valence-corrected chi connectivity index (χ0v) is 9.79. The standard InChI is InChI=1S/C12H18O3/c1-11(2)7-5-6-12(11,3)9(13)8(7)10(14)15-4/h7-8H,5-6H2,1-4H3/t7-,8+,12+/m1/s1. The van der Waals surface area contributed by atoms with Crippen LogP contribution in [0.15, 0.2) is 0 Å². The Bertz CT molecular complexity index is 332. The molecule has 0 N–H and O–H groups in total. The van der Waals surface area contributed by atoms with Crippen molar-refractivity contribution in [3.63, 3.8) is 0 Å². The van der Waals surface area contributed by atoms with E-state index in [-0.39, 0.29) is 28.5 Å². The van der Waals surface area contributed by atoms with Gasteiger partial charge in [0.25, 0.3) is 0 Å². The average Bonchev–Trinajstić information content (AvgIpc) is 2.48. The van der Waals surface area contributed by atoms with Crippen molar-refractivity contribution in [1.29, 1.82) is 0 Å². The monoisotopic (exact) mass is 210 g/mol. The third-order valence-electron chi connectivity index (χ3n) is 4.99. The zero-order chi connectivity index (χ0) is 11.4. The molecule has 0 unspecified atom stereocenters. The number of Topliss-reactive ketones (excluding diaryl/α,β-unsaturated/α-hetero) is 1. The number of fused-ring (bicyclic) bond motifs is 2. The summed E-state index contributed by atoms with van der Waals surface area (Å²) in [6.45, 7) is 6.20. The summed E-state index contributed by atoms with van der Waals surface area (Å²) in [5.41, 5.74) is -0.389. The highest BCUT2D eigenvalue weighted by Gasteiger charge is 2.68. The Morgan fingerprint density at radius 1 is 1.40 bits per heavy atom. The Morgan fingerprint density at radius 2 is 2.00 bits per heavy atom. The van der Waals surface area contributed by atoms with Crippen molar-refractivity contribution < 1.29 is 14.3 Å². The first-order chi connectivity index (χ1) is 6.86. The number of hydrogen-bond acceptors (Lipinski definition) is 3. The van der Waals surface area contributed by atoms with Crippen molar-refractivity contribution in [2.75, 3.05) is 7.11 Å². The quantitative estimate of drug-likeness (QED) is 0.489. The van der Waals surface area contributed by atoms with Gasteiger partial charge in [0, 0.05) is 5.41 Å². The largest absolute Gasteiger partial charge is 0.468 e. The van der Waals surface area contributed by atoms with Gasteiger partial charge in [0.2, 0.25) is 0 Å². The Labute approximate surface area is 90.2 Å². The predicted molar refractivity (Wildman–Crippen MR) is 55.1 cm³/mol. The van der Waals surface area contributed by atoms with E-state index in [0.717, 1.165) is 12.8 Å². The predicted octanol–water partition coefficient (Wildman–Crippen LogP) is 1.80. The van der Waals surface area contributed by atoms with E-state index in [9.17, 15) is 9.59 Å². The highest BCUT2D eigenvalue weighted by atomic mass is 16.5. The molecule has 2 rings (SSSR count). The molecule has 2 aliphatic rings. The van der Waals surface area contributed by atoms with Gasteiger partial charge in [-0.2, -0.15) is 0 Å². The van der Waals surface area contributed by atoms with Crippen LogP contribution >= 0.6 is 0 Å². The number of methoxy groups -OCH3 is 1. The molecule has 15 heavy (non-hydrogen) atoms. The topological polar surface area (TPSA) is 43.4 Å². The number of hydrogen-bond donors (Lipinski definition) is 0. The van der Waals surface area contributed by atoms with Crippen LogP contribution in [0.1, 0.15) is 33.6 Å². The Morgan fingerprint density at radius 3 is 2.40 bits per heavy atom. The van der Waals surface area contributed by atoms with E-state index < -0.39 is 5.92 Å². The maximum atomic E-state index is 12.2. The van der Waals surface area contributed by atoms with Crippen LogP contribution in [-0.2, 0) is 14.3 Å². The van der Waals surface area contributed by atoms with Gasteiger partial charge in [0.05, 0.1) is 7.11 Å². The summed E-state index contributed by atoms with van der Waals surface area (Å²) in [6.07, 6.45) is 1.88. The molecule has 0 aliphatic heterocycles. The summed E-state index contributed by atoms with van der Waals surface area (Å²) in [4.78, 5) is 23.8. The van der Waals surface area contributed by atoms with E-state index >= 15 is 0 Å². The molecule has 3 atom stereocenters. The number of rotatable bonds is 1. The summed E-state index contributed by atoms with van der Waals surface area (Å²) in [6, 6.07) is 0. The van der Waals surface area contributed by atoms with E-state index in [1.807, 2.05) is 6.92 Å². The smallest absolute Gasteiger partial charge is 0.316 e. The van der Waals surface area contributed by atoms with Crippen molar-refractivity contribution in [3.05, 3.63) is 0 Å². The van der Waals surface area contributed by atoms with Crippen LogP contribution in [-0.4, -0.2) is 18.9 Å². The Balaban J connectivity index is 2.42. The Kier molecular flexibility index (Phi) is 2.01. The van der Waals surface area contributed by atoms with Crippen molar-refractivity contribution in [2.45, 2.75) is 33.6 Å². The Hall–Kier alpha value is -0.860. The van der Waals surface area contributed by atoms with E-state index in [1.165, 1.54) is 7.11 Å². The van der Waals surface area contributed by atoms with Crippen LogP contribution in [0.25, 0.3) is 0 Å². The first-order valence-electron chi connectivity index (χ1n) is 5.48. The molecule has 0 saturated heterocycles. The van der Waals surface area contributed by atoms with Crippen LogP contribution in [0.3, 0.4) is 0 Å². The summed E-state index contributed by atoms with van der Waals surface area (Å²) in [5.74, 6) is -0.594. The van der Waals surface area contributed by atoms with Gasteiger partial charge in [-0.25, -0.2) is 0 Å². The molecule has 0 heterocycles. The summed E-state index contributed by atoms with van der Waals surface area (Å²) < 4.78 is 4.74. The molecule has 0 aromatic rings. The maximum Gasteiger partial charge on any atom is 0.316 e. The van der Waals surface area contributed by atoms with Gasteiger partial charge in [-0.3, -0.25) is 9.59 Å². The first-order valence-corrected chi connectivity index (χ1v) is 5.48. The number of ketones is 1. The van der Waals surface area contributed by atoms with Crippen LogP contribution in [0.4, 0.5) is 0 Å². The van der Waals surface area contributed by atoms with Crippen LogP contribution in [0.2, 0.25) is 0 Å². The minimum absolute atomic E-state index is 0.0665. The second-order valence-corrected chi connectivity index (χ2v) is 5.56. The number of ether oxygens (including phenoxy) is 1. The molecule has 2 fully saturated rings. The van der Waals surface area contributed by atoms with Crippen LogP contribution in [0, 0.1) is 22.7 Å². The highest BCUT2D eigenvalue weighted by Crippen LogP contribution is 2.65. The maximum absolute atomic E-state index is 12.2. The first kappa shape index (κ1) is 10.7. The van der Waals surface area contributed by atoms with Crippen molar-refractivity contribution in [2.24, 2.45) is 22.7 Å². The third kappa shape index (κ3) is 1.01. The zero-order valence-electron chi connectivity index (χ0n) is 9.79. The molecule has 2 aliphatic carbocycles. The molecule has 84 valence electrons. The lowest BCUT2D eigenvalue weighted by atomic mass is 9.70. The number of carbonyl (C=O) groups excluding carboxylic acids is 2. The summed E-state index contributed by atoms with van der Waals surface area (Å²) >= 11 is 0. The lowest BCUT2D eigenvalue weighted by molar-refractivity contribution is -0.152. The van der Waals surface area contributed by atoms with Crippen molar-refractivity contribution in [1.82, 2.24) is 0 Å². The van der Waals surface area contributed by atoms with Crippen LogP contribution < -0.4 is 0 Å². The van der Waals surface area contributed by atoms with Gasteiger partial charge in [-0.05, 0) is 24.2 Å². The fraction of sp³-hybridized carbons (Fsp3) is 0.833. The SMILES string of the molecule is COC(=O)[C@@H]1C(=O)[C@]2(C)CC[C@H]1C2(C)C. The van der Waals surface area contributed by atoms with Crippen molar-refractivity contribution in [3.8, 4) is 0 Å². The van der Waals surface area contributed by atoms with E-state index in [4.69, 9.17) is 4.74 Å². The molecule has 2 saturated carbocycles. The molecule has 0 spiro atoms.